The molecule has 0 aliphatic carbocycles. The van der Waals surface area contributed by atoms with Gasteiger partial charge in [0.2, 0.25) is 11.8 Å². The molecule has 3 rings (SSSR count). The van der Waals surface area contributed by atoms with Gasteiger partial charge in [0.05, 0.1) is 6.04 Å². The third kappa shape index (κ3) is 3.24. The van der Waals surface area contributed by atoms with Gasteiger partial charge in [0, 0.05) is 17.3 Å². The highest BCUT2D eigenvalue weighted by molar-refractivity contribution is 6.30. The monoisotopic (exact) mass is 336 g/mol. The molecule has 0 aromatic heterocycles. The molecule has 1 aromatic carbocycles. The third-order valence-electron chi connectivity index (χ3n) is 4.05. The molecule has 2 aliphatic rings. The largest absolute Gasteiger partial charge is 0.343 e. The van der Waals surface area contributed by atoms with Gasteiger partial charge in [0.25, 0.3) is 0 Å². The van der Waals surface area contributed by atoms with Crippen molar-refractivity contribution in [3.05, 3.63) is 29.3 Å². The van der Waals surface area contributed by atoms with E-state index in [0.717, 1.165) is 0 Å². The number of rotatable bonds is 2. The zero-order valence-corrected chi connectivity index (χ0v) is 13.3. The Morgan fingerprint density at radius 1 is 1.30 bits per heavy atom. The van der Waals surface area contributed by atoms with Crippen LogP contribution in [0.15, 0.2) is 24.3 Å². The summed E-state index contributed by atoms with van der Waals surface area (Å²) in [7, 11) is 0. The number of urea groups is 1. The number of hydrogen-bond donors (Lipinski definition) is 3. The summed E-state index contributed by atoms with van der Waals surface area (Å²) in [5.41, 5.74) is 0.616. The lowest BCUT2D eigenvalue weighted by molar-refractivity contribution is -0.146. The lowest BCUT2D eigenvalue weighted by Crippen LogP contribution is -2.60. The highest BCUT2D eigenvalue weighted by Crippen LogP contribution is 2.22. The van der Waals surface area contributed by atoms with Gasteiger partial charge < -0.3 is 20.9 Å². The minimum Gasteiger partial charge on any atom is -0.343 e. The van der Waals surface area contributed by atoms with Gasteiger partial charge in [-0.2, -0.15) is 0 Å². The van der Waals surface area contributed by atoms with Crippen LogP contribution in [0.25, 0.3) is 0 Å². The molecule has 7 nitrogen and oxygen atoms in total. The lowest BCUT2D eigenvalue weighted by Gasteiger charge is -2.32. The second kappa shape index (κ2) is 6.08. The molecule has 0 bridgehead atoms. The van der Waals surface area contributed by atoms with Crippen molar-refractivity contribution in [2.24, 2.45) is 0 Å². The number of fused-ring (bicyclic) bond motifs is 1. The molecule has 2 heterocycles. The highest BCUT2D eigenvalue weighted by atomic mass is 35.5. The van der Waals surface area contributed by atoms with Crippen molar-refractivity contribution in [1.29, 1.82) is 0 Å². The second-order valence-electron chi connectivity index (χ2n) is 5.77. The Morgan fingerprint density at radius 2 is 2.00 bits per heavy atom. The van der Waals surface area contributed by atoms with Crippen LogP contribution >= 0.6 is 11.6 Å². The minimum absolute atomic E-state index is 0.114. The van der Waals surface area contributed by atoms with Crippen molar-refractivity contribution in [3.63, 3.8) is 0 Å². The smallest absolute Gasteiger partial charge is 0.319 e. The van der Waals surface area contributed by atoms with E-state index in [2.05, 4.69) is 16.0 Å². The standard InChI is InChI=1S/C15H17ClN4O3/c1-8-14(22)20-7-11(6-12(20)13(21)17-8)19-15(23)18-10-4-2-9(16)3-5-10/h2-5,8,11-12H,6-7H2,1H3,(H,17,21)(H2,18,19,23)/t8-,11-,12-/m0/s1. The summed E-state index contributed by atoms with van der Waals surface area (Å²) in [5, 5.41) is 8.73. The van der Waals surface area contributed by atoms with Crippen molar-refractivity contribution < 1.29 is 14.4 Å². The zero-order valence-electron chi connectivity index (χ0n) is 12.5. The summed E-state index contributed by atoms with van der Waals surface area (Å²) in [4.78, 5) is 37.6. The molecule has 3 atom stereocenters. The van der Waals surface area contributed by atoms with E-state index in [1.807, 2.05) is 0 Å². The van der Waals surface area contributed by atoms with Gasteiger partial charge in [-0.15, -0.1) is 0 Å². The van der Waals surface area contributed by atoms with E-state index >= 15 is 0 Å². The fourth-order valence-electron chi connectivity index (χ4n) is 2.94. The summed E-state index contributed by atoms with van der Waals surface area (Å²) in [6.45, 7) is 2.00. The normalized spacial score (nSPS) is 26.5. The van der Waals surface area contributed by atoms with Crippen LogP contribution in [0.2, 0.25) is 5.02 Å². The Bertz CT molecular complexity index is 649. The van der Waals surface area contributed by atoms with Gasteiger partial charge in [0.1, 0.15) is 12.1 Å². The van der Waals surface area contributed by atoms with Crippen LogP contribution in [0.3, 0.4) is 0 Å². The number of nitrogens with zero attached hydrogens (tertiary/aromatic N) is 1. The molecule has 2 saturated heterocycles. The van der Waals surface area contributed by atoms with Crippen molar-refractivity contribution >= 4 is 35.1 Å². The molecule has 0 spiro atoms. The molecule has 0 unspecified atom stereocenters. The number of nitrogens with one attached hydrogen (secondary N) is 3. The number of halogens is 1. The van der Waals surface area contributed by atoms with E-state index in [-0.39, 0.29) is 23.9 Å². The number of hydrogen-bond acceptors (Lipinski definition) is 3. The van der Waals surface area contributed by atoms with Crippen molar-refractivity contribution in [2.75, 3.05) is 11.9 Å². The Morgan fingerprint density at radius 3 is 2.70 bits per heavy atom. The van der Waals surface area contributed by atoms with Crippen molar-refractivity contribution in [2.45, 2.75) is 31.5 Å². The molecule has 8 heteroatoms. The van der Waals surface area contributed by atoms with E-state index in [0.29, 0.717) is 23.7 Å². The summed E-state index contributed by atoms with van der Waals surface area (Å²) < 4.78 is 0. The van der Waals surface area contributed by atoms with E-state index in [1.54, 1.807) is 31.2 Å². The zero-order chi connectivity index (χ0) is 16.6. The maximum atomic E-state index is 12.1. The Hall–Kier alpha value is -2.28. The minimum atomic E-state index is -0.514. The fraction of sp³-hybridized carbons (Fsp3) is 0.400. The van der Waals surface area contributed by atoms with Crippen LogP contribution in [0, 0.1) is 0 Å². The number of carbonyl (C=O) groups excluding carboxylic acids is 3. The SMILES string of the molecule is C[C@@H]1NC(=O)[C@@H]2C[C@H](NC(=O)Nc3ccc(Cl)cc3)CN2C1=O. The number of amides is 4. The summed E-state index contributed by atoms with van der Waals surface area (Å²) in [6.07, 6.45) is 0.415. The van der Waals surface area contributed by atoms with Gasteiger partial charge >= 0.3 is 6.03 Å². The first-order valence-electron chi connectivity index (χ1n) is 7.38. The first kappa shape index (κ1) is 15.6. The molecule has 4 amide bonds. The molecule has 2 aliphatic heterocycles. The van der Waals surface area contributed by atoms with Gasteiger partial charge in [-0.25, -0.2) is 4.79 Å². The topological polar surface area (TPSA) is 90.5 Å². The maximum absolute atomic E-state index is 12.1. The predicted molar refractivity (Wildman–Crippen MR) is 85.1 cm³/mol. The Balaban J connectivity index is 1.59. The molecule has 0 radical (unpaired) electrons. The molecular formula is C15H17ClN4O3. The average molecular weight is 337 g/mol. The molecule has 3 N–H and O–H groups in total. The van der Waals surface area contributed by atoms with Crippen LogP contribution in [0.5, 0.6) is 0 Å². The summed E-state index contributed by atoms with van der Waals surface area (Å²) >= 11 is 5.79. The average Bonchev–Trinajstić information content (AvgIpc) is 2.92. The van der Waals surface area contributed by atoms with Crippen LogP contribution < -0.4 is 16.0 Å². The number of anilines is 1. The number of benzene rings is 1. The van der Waals surface area contributed by atoms with E-state index in [9.17, 15) is 14.4 Å². The predicted octanol–water partition coefficient (Wildman–Crippen LogP) is 0.949. The van der Waals surface area contributed by atoms with Gasteiger partial charge in [-0.05, 0) is 37.6 Å². The molecule has 0 saturated carbocycles. The molecule has 2 fully saturated rings. The second-order valence-corrected chi connectivity index (χ2v) is 6.21. The van der Waals surface area contributed by atoms with Gasteiger partial charge in [-0.3, -0.25) is 9.59 Å². The molecule has 1 aromatic rings. The first-order chi connectivity index (χ1) is 10.9. The van der Waals surface area contributed by atoms with Gasteiger partial charge in [-0.1, -0.05) is 11.6 Å². The number of piperazine rings is 1. The van der Waals surface area contributed by atoms with E-state index < -0.39 is 12.1 Å². The Kier molecular flexibility index (Phi) is 4.12. The quantitative estimate of drug-likeness (QED) is 0.751. The first-order valence-corrected chi connectivity index (χ1v) is 7.76. The van der Waals surface area contributed by atoms with Crippen LogP contribution in [0.1, 0.15) is 13.3 Å². The fourth-order valence-corrected chi connectivity index (χ4v) is 3.06. The highest BCUT2D eigenvalue weighted by Gasteiger charge is 2.45. The maximum Gasteiger partial charge on any atom is 0.319 e. The summed E-state index contributed by atoms with van der Waals surface area (Å²) in [6, 6.07) is 5.09. The summed E-state index contributed by atoms with van der Waals surface area (Å²) in [5.74, 6) is -0.281. The van der Waals surface area contributed by atoms with E-state index in [1.165, 1.54) is 4.90 Å². The van der Waals surface area contributed by atoms with Gasteiger partial charge in [0.15, 0.2) is 0 Å². The van der Waals surface area contributed by atoms with E-state index in [4.69, 9.17) is 11.6 Å². The lowest BCUT2D eigenvalue weighted by atomic mass is 10.1. The molecule has 23 heavy (non-hydrogen) atoms. The van der Waals surface area contributed by atoms with Crippen LogP contribution in [0.4, 0.5) is 10.5 Å². The molecule has 122 valence electrons. The Labute approximate surface area is 138 Å². The van der Waals surface area contributed by atoms with Crippen LogP contribution in [-0.4, -0.2) is 47.4 Å². The third-order valence-corrected chi connectivity index (χ3v) is 4.31. The van der Waals surface area contributed by atoms with Crippen molar-refractivity contribution in [1.82, 2.24) is 15.5 Å². The number of carbonyl (C=O) groups is 3. The van der Waals surface area contributed by atoms with Crippen molar-refractivity contribution in [3.8, 4) is 0 Å². The molecular weight excluding hydrogens is 320 g/mol. The van der Waals surface area contributed by atoms with Crippen LogP contribution in [-0.2, 0) is 9.59 Å².